The van der Waals surface area contributed by atoms with Crippen molar-refractivity contribution in [3.8, 4) is 11.3 Å². The zero-order chi connectivity index (χ0) is 18.6. The topological polar surface area (TPSA) is 70.8 Å². The van der Waals surface area contributed by atoms with Gasteiger partial charge in [-0.15, -0.1) is 0 Å². The number of piperazine rings is 1. The third-order valence-electron chi connectivity index (χ3n) is 5.29. The van der Waals surface area contributed by atoms with E-state index in [1.165, 1.54) is 5.56 Å². The van der Waals surface area contributed by atoms with Crippen molar-refractivity contribution in [2.45, 2.75) is 6.54 Å². The molecule has 2 fully saturated rings. The number of nitrogen functional groups attached to an aromatic ring is 1. The van der Waals surface area contributed by atoms with Crippen LogP contribution in [0.5, 0.6) is 0 Å². The third-order valence-corrected chi connectivity index (χ3v) is 5.29. The van der Waals surface area contributed by atoms with Gasteiger partial charge in [-0.2, -0.15) is 4.98 Å². The maximum Gasteiger partial charge on any atom is 0.222 e. The maximum atomic E-state index is 6.04. The normalized spacial score (nSPS) is 19.4. The van der Waals surface area contributed by atoms with Crippen molar-refractivity contribution in [3.63, 3.8) is 0 Å². The minimum Gasteiger partial charge on any atom is -0.379 e. The van der Waals surface area contributed by atoms with Crippen LogP contribution < -0.4 is 10.6 Å². The van der Waals surface area contributed by atoms with E-state index in [0.29, 0.717) is 5.95 Å². The van der Waals surface area contributed by atoms with Gasteiger partial charge in [0.2, 0.25) is 5.95 Å². The SMILES string of the molecule is CN1CCN(c2cc(-c3cccc(CN4CCOCC4)c3)nc(N)n2)CC1. The smallest absolute Gasteiger partial charge is 0.222 e. The first-order chi connectivity index (χ1) is 13.2. The van der Waals surface area contributed by atoms with E-state index in [0.717, 1.165) is 76.1 Å². The Kier molecular flexibility index (Phi) is 5.52. The number of aromatic nitrogens is 2. The van der Waals surface area contributed by atoms with Gasteiger partial charge in [0.1, 0.15) is 5.82 Å². The van der Waals surface area contributed by atoms with E-state index in [1.807, 2.05) is 0 Å². The highest BCUT2D eigenvalue weighted by Gasteiger charge is 2.17. The minimum atomic E-state index is 0.333. The third kappa shape index (κ3) is 4.55. The highest BCUT2D eigenvalue weighted by molar-refractivity contribution is 5.65. The van der Waals surface area contributed by atoms with Crippen LogP contribution in [0.15, 0.2) is 30.3 Å². The molecule has 0 unspecified atom stereocenters. The van der Waals surface area contributed by atoms with Crippen molar-refractivity contribution in [1.82, 2.24) is 19.8 Å². The standard InChI is InChI=1S/C20H28N6O/c1-24-5-7-26(8-6-24)19-14-18(22-20(21)23-19)17-4-2-3-16(13-17)15-25-9-11-27-12-10-25/h2-4,13-14H,5-12,15H2,1H3,(H2,21,22,23). The molecular weight excluding hydrogens is 340 g/mol. The molecule has 2 aliphatic heterocycles. The molecule has 1 aromatic carbocycles. The second-order valence-electron chi connectivity index (χ2n) is 7.35. The molecule has 0 amide bonds. The molecule has 0 aliphatic carbocycles. The van der Waals surface area contributed by atoms with E-state index >= 15 is 0 Å². The van der Waals surface area contributed by atoms with E-state index < -0.39 is 0 Å². The van der Waals surface area contributed by atoms with E-state index in [4.69, 9.17) is 10.5 Å². The molecular formula is C20H28N6O. The lowest BCUT2D eigenvalue weighted by Gasteiger charge is -2.33. The van der Waals surface area contributed by atoms with Crippen LogP contribution in [-0.2, 0) is 11.3 Å². The van der Waals surface area contributed by atoms with Crippen molar-refractivity contribution in [2.24, 2.45) is 0 Å². The molecule has 27 heavy (non-hydrogen) atoms. The van der Waals surface area contributed by atoms with Crippen LogP contribution in [0.2, 0.25) is 0 Å². The van der Waals surface area contributed by atoms with Gasteiger partial charge in [-0.25, -0.2) is 4.98 Å². The van der Waals surface area contributed by atoms with Crippen molar-refractivity contribution >= 4 is 11.8 Å². The minimum absolute atomic E-state index is 0.333. The number of likely N-dealkylation sites (N-methyl/N-ethyl adjacent to an activating group) is 1. The molecule has 0 spiro atoms. The number of hydrogen-bond acceptors (Lipinski definition) is 7. The molecule has 0 saturated carbocycles. The summed E-state index contributed by atoms with van der Waals surface area (Å²) in [6.45, 7) is 8.53. The first kappa shape index (κ1) is 18.2. The van der Waals surface area contributed by atoms with Crippen LogP contribution in [0.3, 0.4) is 0 Å². The quantitative estimate of drug-likeness (QED) is 0.872. The first-order valence-electron chi connectivity index (χ1n) is 9.65. The molecule has 144 valence electrons. The van der Waals surface area contributed by atoms with Gasteiger partial charge in [0.15, 0.2) is 0 Å². The molecule has 2 aliphatic rings. The number of nitrogens with two attached hydrogens (primary N) is 1. The molecule has 3 heterocycles. The van der Waals surface area contributed by atoms with E-state index in [1.54, 1.807) is 0 Å². The van der Waals surface area contributed by atoms with Crippen LogP contribution in [0.25, 0.3) is 11.3 Å². The predicted octanol–water partition coefficient (Wildman–Crippen LogP) is 1.31. The van der Waals surface area contributed by atoms with Crippen molar-refractivity contribution in [1.29, 1.82) is 0 Å². The number of rotatable bonds is 4. The average molecular weight is 368 g/mol. The number of nitrogens with zero attached hydrogens (tertiary/aromatic N) is 5. The Bertz CT molecular complexity index is 769. The van der Waals surface area contributed by atoms with Gasteiger partial charge in [-0.05, 0) is 18.7 Å². The number of morpholine rings is 1. The van der Waals surface area contributed by atoms with Gasteiger partial charge in [0.25, 0.3) is 0 Å². The summed E-state index contributed by atoms with van der Waals surface area (Å²) in [5.41, 5.74) is 9.30. The van der Waals surface area contributed by atoms with Gasteiger partial charge in [0, 0.05) is 57.4 Å². The summed E-state index contributed by atoms with van der Waals surface area (Å²) in [5, 5.41) is 0. The van der Waals surface area contributed by atoms with Crippen molar-refractivity contribution < 1.29 is 4.74 Å². The molecule has 0 bridgehead atoms. The van der Waals surface area contributed by atoms with Gasteiger partial charge in [-0.3, -0.25) is 4.90 Å². The lowest BCUT2D eigenvalue weighted by atomic mass is 10.1. The number of benzene rings is 1. The average Bonchev–Trinajstić information content (AvgIpc) is 2.69. The van der Waals surface area contributed by atoms with Crippen LogP contribution in [0.4, 0.5) is 11.8 Å². The van der Waals surface area contributed by atoms with Crippen LogP contribution >= 0.6 is 0 Å². The molecule has 2 saturated heterocycles. The molecule has 2 aromatic rings. The lowest BCUT2D eigenvalue weighted by molar-refractivity contribution is 0.0342. The van der Waals surface area contributed by atoms with Gasteiger partial charge < -0.3 is 20.3 Å². The molecule has 0 radical (unpaired) electrons. The number of anilines is 2. The summed E-state index contributed by atoms with van der Waals surface area (Å²) in [6, 6.07) is 10.6. The predicted molar refractivity (Wildman–Crippen MR) is 108 cm³/mol. The monoisotopic (exact) mass is 368 g/mol. The summed E-state index contributed by atoms with van der Waals surface area (Å²) >= 11 is 0. The summed E-state index contributed by atoms with van der Waals surface area (Å²) in [4.78, 5) is 16.0. The Morgan fingerprint density at radius 1 is 1.00 bits per heavy atom. The highest BCUT2D eigenvalue weighted by Crippen LogP contribution is 2.24. The van der Waals surface area contributed by atoms with Gasteiger partial charge in [0.05, 0.1) is 18.9 Å². The molecule has 0 atom stereocenters. The Morgan fingerprint density at radius 2 is 1.78 bits per heavy atom. The molecule has 4 rings (SSSR count). The zero-order valence-corrected chi connectivity index (χ0v) is 16.0. The second-order valence-corrected chi connectivity index (χ2v) is 7.35. The number of ether oxygens (including phenoxy) is 1. The molecule has 1 aromatic heterocycles. The fourth-order valence-corrected chi connectivity index (χ4v) is 3.64. The van der Waals surface area contributed by atoms with Gasteiger partial charge >= 0.3 is 0 Å². The largest absolute Gasteiger partial charge is 0.379 e. The van der Waals surface area contributed by atoms with Gasteiger partial charge in [-0.1, -0.05) is 18.2 Å². The maximum absolute atomic E-state index is 6.04. The molecule has 2 N–H and O–H groups in total. The summed E-state index contributed by atoms with van der Waals surface area (Å²) in [7, 11) is 2.15. The molecule has 7 nitrogen and oxygen atoms in total. The second kappa shape index (κ2) is 8.21. The Balaban J connectivity index is 1.54. The van der Waals surface area contributed by atoms with Crippen LogP contribution in [-0.4, -0.2) is 79.3 Å². The highest BCUT2D eigenvalue weighted by atomic mass is 16.5. The summed E-state index contributed by atoms with van der Waals surface area (Å²) < 4.78 is 5.44. The van der Waals surface area contributed by atoms with Crippen LogP contribution in [0.1, 0.15) is 5.56 Å². The van der Waals surface area contributed by atoms with E-state index in [2.05, 4.69) is 62.0 Å². The Hall–Kier alpha value is -2.22. The van der Waals surface area contributed by atoms with E-state index in [-0.39, 0.29) is 0 Å². The summed E-state index contributed by atoms with van der Waals surface area (Å²) in [6.07, 6.45) is 0. The Labute approximate surface area is 160 Å². The van der Waals surface area contributed by atoms with E-state index in [9.17, 15) is 0 Å². The lowest BCUT2D eigenvalue weighted by Crippen LogP contribution is -2.44. The summed E-state index contributed by atoms with van der Waals surface area (Å²) in [5.74, 6) is 1.25. The molecule has 7 heteroatoms. The number of hydrogen-bond donors (Lipinski definition) is 1. The van der Waals surface area contributed by atoms with Crippen LogP contribution in [0, 0.1) is 0 Å². The van der Waals surface area contributed by atoms with Crippen molar-refractivity contribution in [2.75, 3.05) is 70.2 Å². The van der Waals surface area contributed by atoms with Crippen molar-refractivity contribution in [3.05, 3.63) is 35.9 Å². The fraction of sp³-hybridized carbons (Fsp3) is 0.500. The fourth-order valence-electron chi connectivity index (χ4n) is 3.64. The Morgan fingerprint density at radius 3 is 2.56 bits per heavy atom. The first-order valence-corrected chi connectivity index (χ1v) is 9.65. The zero-order valence-electron chi connectivity index (χ0n) is 16.0.